The highest BCUT2D eigenvalue weighted by Crippen LogP contribution is 2.62. The predicted molar refractivity (Wildman–Crippen MR) is 67.1 cm³/mol. The molecule has 1 N–H and O–H groups in total. The Balaban J connectivity index is 1.57. The molecule has 1 aromatic rings. The number of aryl methyl sites for hydroxylation is 1. The highest BCUT2D eigenvalue weighted by molar-refractivity contribution is 5.28. The largest absolute Gasteiger partial charge is 0.497 e. The Labute approximate surface area is 103 Å². The second-order valence-corrected chi connectivity index (χ2v) is 5.48. The van der Waals surface area contributed by atoms with E-state index in [0.29, 0.717) is 11.8 Å². The van der Waals surface area contributed by atoms with Crippen LogP contribution in [0.5, 0.6) is 5.75 Å². The van der Waals surface area contributed by atoms with Crippen molar-refractivity contribution in [2.45, 2.75) is 37.7 Å². The van der Waals surface area contributed by atoms with Crippen LogP contribution < -0.4 is 4.74 Å². The van der Waals surface area contributed by atoms with Crippen LogP contribution in [0.1, 0.15) is 31.2 Å². The molecule has 0 aliphatic heterocycles. The van der Waals surface area contributed by atoms with Crippen molar-refractivity contribution in [2.24, 2.45) is 11.8 Å². The van der Waals surface area contributed by atoms with Crippen molar-refractivity contribution >= 4 is 0 Å². The highest BCUT2D eigenvalue weighted by Gasteiger charge is 2.64. The lowest BCUT2D eigenvalue weighted by Gasteiger charge is -2.14. The Kier molecular flexibility index (Phi) is 2.62. The zero-order valence-corrected chi connectivity index (χ0v) is 10.4. The molecule has 0 spiro atoms. The van der Waals surface area contributed by atoms with Crippen molar-refractivity contribution < 1.29 is 9.84 Å². The van der Waals surface area contributed by atoms with E-state index < -0.39 is 0 Å². The van der Waals surface area contributed by atoms with E-state index in [1.54, 1.807) is 7.11 Å². The third-order valence-corrected chi connectivity index (χ3v) is 4.66. The van der Waals surface area contributed by atoms with Gasteiger partial charge < -0.3 is 9.84 Å². The van der Waals surface area contributed by atoms with Gasteiger partial charge in [-0.05, 0) is 55.2 Å². The van der Waals surface area contributed by atoms with E-state index in [1.165, 1.54) is 24.8 Å². The lowest BCUT2D eigenvalue weighted by Crippen LogP contribution is -2.16. The average Bonchev–Trinajstić information content (AvgIpc) is 2.76. The quantitative estimate of drug-likeness (QED) is 0.865. The van der Waals surface area contributed by atoms with E-state index in [-0.39, 0.29) is 5.60 Å². The summed E-state index contributed by atoms with van der Waals surface area (Å²) in [4.78, 5) is 0. The van der Waals surface area contributed by atoms with Gasteiger partial charge in [0.25, 0.3) is 0 Å². The van der Waals surface area contributed by atoms with E-state index in [4.69, 9.17) is 4.74 Å². The monoisotopic (exact) mass is 232 g/mol. The molecule has 0 aromatic heterocycles. The number of rotatable bonds is 4. The predicted octanol–water partition coefficient (Wildman–Crippen LogP) is 2.79. The fraction of sp³-hybridized carbons (Fsp3) is 0.600. The summed E-state index contributed by atoms with van der Waals surface area (Å²) in [6, 6.07) is 8.18. The molecule has 2 fully saturated rings. The Bertz CT molecular complexity index is 386. The first-order valence-corrected chi connectivity index (χ1v) is 6.59. The smallest absolute Gasteiger partial charge is 0.118 e. The molecule has 92 valence electrons. The van der Waals surface area contributed by atoms with E-state index in [2.05, 4.69) is 12.1 Å². The minimum absolute atomic E-state index is 0.321. The number of benzene rings is 1. The van der Waals surface area contributed by atoms with Crippen LogP contribution in [-0.4, -0.2) is 17.8 Å². The van der Waals surface area contributed by atoms with Crippen molar-refractivity contribution in [2.75, 3.05) is 7.11 Å². The fourth-order valence-electron chi connectivity index (χ4n) is 3.56. The molecule has 2 saturated carbocycles. The Morgan fingerprint density at radius 1 is 1.24 bits per heavy atom. The third kappa shape index (κ3) is 1.85. The summed E-state index contributed by atoms with van der Waals surface area (Å²) in [5.74, 6) is 2.12. The van der Waals surface area contributed by atoms with E-state index in [0.717, 1.165) is 18.6 Å². The maximum atomic E-state index is 10.4. The molecule has 0 heterocycles. The third-order valence-electron chi connectivity index (χ3n) is 4.66. The highest BCUT2D eigenvalue weighted by atomic mass is 16.5. The minimum Gasteiger partial charge on any atom is -0.497 e. The van der Waals surface area contributed by atoms with E-state index in [1.807, 2.05) is 12.1 Å². The van der Waals surface area contributed by atoms with Gasteiger partial charge in [0.1, 0.15) is 5.75 Å². The second kappa shape index (κ2) is 4.02. The van der Waals surface area contributed by atoms with Crippen molar-refractivity contribution in [3.8, 4) is 5.75 Å². The van der Waals surface area contributed by atoms with Crippen LogP contribution in [-0.2, 0) is 6.42 Å². The van der Waals surface area contributed by atoms with Gasteiger partial charge >= 0.3 is 0 Å². The number of methoxy groups -OCH3 is 1. The molecular weight excluding hydrogens is 212 g/mol. The minimum atomic E-state index is -0.321. The number of fused-ring (bicyclic) bond motifs is 1. The van der Waals surface area contributed by atoms with Gasteiger partial charge in [0.2, 0.25) is 0 Å². The lowest BCUT2D eigenvalue weighted by atomic mass is 9.99. The van der Waals surface area contributed by atoms with E-state index in [9.17, 15) is 5.11 Å². The maximum Gasteiger partial charge on any atom is 0.118 e. The van der Waals surface area contributed by atoms with Crippen molar-refractivity contribution in [3.05, 3.63) is 29.8 Å². The first-order chi connectivity index (χ1) is 8.24. The molecule has 2 nitrogen and oxygen atoms in total. The number of hydrogen-bond acceptors (Lipinski definition) is 2. The SMILES string of the molecule is COc1ccc(CCC2(O)C3CCCC32)cc1. The zero-order valence-electron chi connectivity index (χ0n) is 10.4. The van der Waals surface area contributed by atoms with Crippen LogP contribution in [0.4, 0.5) is 0 Å². The summed E-state index contributed by atoms with van der Waals surface area (Å²) in [5, 5.41) is 10.4. The van der Waals surface area contributed by atoms with Crippen LogP contribution in [0.3, 0.4) is 0 Å². The Morgan fingerprint density at radius 2 is 1.88 bits per heavy atom. The van der Waals surface area contributed by atoms with Gasteiger partial charge in [-0.3, -0.25) is 0 Å². The van der Waals surface area contributed by atoms with Crippen LogP contribution in [0.15, 0.2) is 24.3 Å². The zero-order chi connectivity index (χ0) is 11.9. The van der Waals surface area contributed by atoms with Crippen LogP contribution in [0.2, 0.25) is 0 Å². The molecule has 2 aliphatic rings. The van der Waals surface area contributed by atoms with Crippen LogP contribution in [0, 0.1) is 11.8 Å². The number of hydrogen-bond donors (Lipinski definition) is 1. The molecule has 2 atom stereocenters. The summed E-state index contributed by atoms with van der Waals surface area (Å²) < 4.78 is 5.14. The van der Waals surface area contributed by atoms with Gasteiger partial charge in [-0.15, -0.1) is 0 Å². The number of ether oxygens (including phenoxy) is 1. The summed E-state index contributed by atoms with van der Waals surface area (Å²) >= 11 is 0. The average molecular weight is 232 g/mol. The molecular formula is C15H20O2. The van der Waals surface area contributed by atoms with Gasteiger partial charge in [0.15, 0.2) is 0 Å². The molecule has 2 aliphatic carbocycles. The molecule has 0 bridgehead atoms. The van der Waals surface area contributed by atoms with Gasteiger partial charge in [-0.1, -0.05) is 18.6 Å². The van der Waals surface area contributed by atoms with Gasteiger partial charge in [-0.25, -0.2) is 0 Å². The Morgan fingerprint density at radius 3 is 2.47 bits per heavy atom. The fourth-order valence-corrected chi connectivity index (χ4v) is 3.56. The van der Waals surface area contributed by atoms with Gasteiger partial charge in [-0.2, -0.15) is 0 Å². The topological polar surface area (TPSA) is 29.5 Å². The molecule has 0 saturated heterocycles. The van der Waals surface area contributed by atoms with Gasteiger partial charge in [0.05, 0.1) is 12.7 Å². The van der Waals surface area contributed by atoms with Crippen LogP contribution in [0.25, 0.3) is 0 Å². The molecule has 0 radical (unpaired) electrons. The molecule has 2 unspecified atom stereocenters. The molecule has 0 amide bonds. The summed E-state index contributed by atoms with van der Waals surface area (Å²) in [6.07, 6.45) is 5.70. The summed E-state index contributed by atoms with van der Waals surface area (Å²) in [7, 11) is 1.68. The first-order valence-electron chi connectivity index (χ1n) is 6.59. The second-order valence-electron chi connectivity index (χ2n) is 5.48. The summed E-state index contributed by atoms with van der Waals surface area (Å²) in [5.41, 5.74) is 0.974. The van der Waals surface area contributed by atoms with Gasteiger partial charge in [0, 0.05) is 0 Å². The summed E-state index contributed by atoms with van der Waals surface area (Å²) in [6.45, 7) is 0. The number of aliphatic hydroxyl groups is 1. The molecule has 1 aromatic carbocycles. The first kappa shape index (κ1) is 11.1. The van der Waals surface area contributed by atoms with Crippen molar-refractivity contribution in [3.63, 3.8) is 0 Å². The van der Waals surface area contributed by atoms with E-state index >= 15 is 0 Å². The Hall–Kier alpha value is -1.02. The lowest BCUT2D eigenvalue weighted by molar-refractivity contribution is 0.0970. The standard InChI is InChI=1S/C15H20O2/c1-17-12-7-5-11(6-8-12)9-10-15(16)13-3-2-4-14(13)15/h5-8,13-14,16H,2-4,9-10H2,1H3. The normalized spacial score (nSPS) is 34.5. The molecule has 2 heteroatoms. The van der Waals surface area contributed by atoms with Crippen molar-refractivity contribution in [1.82, 2.24) is 0 Å². The molecule has 17 heavy (non-hydrogen) atoms. The maximum absolute atomic E-state index is 10.4. The van der Waals surface area contributed by atoms with Crippen molar-refractivity contribution in [1.29, 1.82) is 0 Å². The van der Waals surface area contributed by atoms with Crippen LogP contribution >= 0.6 is 0 Å². The molecule has 3 rings (SSSR count).